The van der Waals surface area contributed by atoms with Gasteiger partial charge in [-0.25, -0.2) is 0 Å². The second-order valence-electron chi connectivity index (χ2n) is 5.37. The lowest BCUT2D eigenvalue weighted by atomic mass is 10.0. The number of rotatable bonds is 2. The van der Waals surface area contributed by atoms with Gasteiger partial charge < -0.3 is 4.74 Å². The van der Waals surface area contributed by atoms with E-state index in [1.165, 1.54) is 38.2 Å². The summed E-state index contributed by atoms with van der Waals surface area (Å²) >= 11 is 0. The number of hydrogen-bond acceptors (Lipinski definition) is 3. The maximum atomic E-state index is 5.27. The van der Waals surface area contributed by atoms with Crippen molar-refractivity contribution in [3.63, 3.8) is 0 Å². The average Bonchev–Trinajstić information content (AvgIpc) is 2.29. The molecule has 0 aromatic rings. The number of hydrogen-bond donors (Lipinski definition) is 0. The molecule has 3 rings (SSSR count). The van der Waals surface area contributed by atoms with E-state index >= 15 is 0 Å². The highest BCUT2D eigenvalue weighted by atomic mass is 16.5. The van der Waals surface area contributed by atoms with Gasteiger partial charge in [0.2, 0.25) is 0 Å². The van der Waals surface area contributed by atoms with Gasteiger partial charge in [-0.3, -0.25) is 9.80 Å². The fourth-order valence-corrected chi connectivity index (χ4v) is 2.86. The third-order valence-electron chi connectivity index (χ3n) is 4.22. The van der Waals surface area contributed by atoms with Crippen LogP contribution in [-0.4, -0.2) is 61.3 Å². The number of nitrogens with zero attached hydrogens (tertiary/aromatic N) is 2. The molecule has 1 atom stereocenters. The Balaban J connectivity index is 1.50. The Labute approximate surface area is 104 Å². The molecule has 0 saturated carbocycles. The summed E-state index contributed by atoms with van der Waals surface area (Å²) in [6, 6.07) is 1.35. The minimum atomic E-state index is 0.637. The molecule has 94 valence electrons. The van der Waals surface area contributed by atoms with Crippen LogP contribution >= 0.6 is 0 Å². The van der Waals surface area contributed by atoms with Crippen LogP contribution in [0.2, 0.25) is 0 Å². The van der Waals surface area contributed by atoms with Crippen molar-refractivity contribution in [1.29, 1.82) is 0 Å². The predicted molar refractivity (Wildman–Crippen MR) is 69.1 cm³/mol. The van der Waals surface area contributed by atoms with Crippen molar-refractivity contribution in [3.05, 3.63) is 23.8 Å². The van der Waals surface area contributed by atoms with Gasteiger partial charge >= 0.3 is 0 Å². The maximum absolute atomic E-state index is 5.27. The van der Waals surface area contributed by atoms with Gasteiger partial charge in [0.25, 0.3) is 0 Å². The minimum absolute atomic E-state index is 0.637. The third kappa shape index (κ3) is 2.46. The summed E-state index contributed by atoms with van der Waals surface area (Å²) in [6.07, 6.45) is 8.18. The summed E-state index contributed by atoms with van der Waals surface area (Å²) in [4.78, 5) is 5.21. The molecule has 0 N–H and O–H groups in total. The van der Waals surface area contributed by atoms with Crippen molar-refractivity contribution in [2.24, 2.45) is 0 Å². The molecule has 2 saturated heterocycles. The first-order valence-corrected chi connectivity index (χ1v) is 6.74. The van der Waals surface area contributed by atoms with E-state index in [0.29, 0.717) is 12.1 Å². The fraction of sp³-hybridized carbons (Fsp3) is 0.714. The van der Waals surface area contributed by atoms with Crippen LogP contribution in [0.1, 0.15) is 13.3 Å². The first-order valence-electron chi connectivity index (χ1n) is 6.74. The Morgan fingerprint density at radius 3 is 2.35 bits per heavy atom. The molecule has 3 nitrogen and oxygen atoms in total. The zero-order valence-electron chi connectivity index (χ0n) is 10.6. The van der Waals surface area contributed by atoms with Gasteiger partial charge in [-0.05, 0) is 13.3 Å². The maximum Gasteiger partial charge on any atom is 0.0645 e. The first-order chi connectivity index (χ1) is 8.33. The van der Waals surface area contributed by atoms with Crippen LogP contribution in [0, 0.1) is 0 Å². The molecule has 0 bridgehead atoms. The predicted octanol–water partition coefficient (Wildman–Crippen LogP) is 1.28. The Bertz CT molecular complexity index is 325. The summed E-state index contributed by atoms with van der Waals surface area (Å²) in [5.74, 6) is 0. The molecule has 0 spiro atoms. The molecule has 0 aromatic carbocycles. The molecule has 17 heavy (non-hydrogen) atoms. The Morgan fingerprint density at radius 2 is 1.82 bits per heavy atom. The van der Waals surface area contributed by atoms with E-state index in [2.05, 4.69) is 35.0 Å². The zero-order chi connectivity index (χ0) is 11.7. The summed E-state index contributed by atoms with van der Waals surface area (Å²) in [5.41, 5.74) is 1.41. The van der Waals surface area contributed by atoms with Crippen LogP contribution < -0.4 is 0 Å². The molecule has 2 fully saturated rings. The summed E-state index contributed by atoms with van der Waals surface area (Å²) < 4.78 is 5.27. The van der Waals surface area contributed by atoms with Crippen LogP contribution in [0.25, 0.3) is 0 Å². The molecule has 0 amide bonds. The highest BCUT2D eigenvalue weighted by Gasteiger charge is 2.30. The lowest BCUT2D eigenvalue weighted by Gasteiger charge is -2.44. The summed E-state index contributed by atoms with van der Waals surface area (Å²) in [5, 5.41) is 0. The van der Waals surface area contributed by atoms with Gasteiger partial charge in [0.15, 0.2) is 0 Å². The van der Waals surface area contributed by atoms with Crippen LogP contribution in [0.5, 0.6) is 0 Å². The van der Waals surface area contributed by atoms with Gasteiger partial charge in [-0.2, -0.15) is 0 Å². The lowest BCUT2D eigenvalue weighted by Crippen LogP contribution is -2.57. The smallest absolute Gasteiger partial charge is 0.0645 e. The average molecular weight is 234 g/mol. The number of ether oxygens (including phenoxy) is 1. The normalized spacial score (nSPS) is 32.3. The van der Waals surface area contributed by atoms with Crippen molar-refractivity contribution in [3.8, 4) is 0 Å². The monoisotopic (exact) mass is 234 g/mol. The standard InChI is InChI=1S/C14H22N2O/c1-12-2-4-13(5-3-12)15-6-8-16(9-7-15)14-10-17-11-14/h2-4,13-14H,5-11H2,1H3. The Kier molecular flexibility index (Phi) is 3.32. The van der Waals surface area contributed by atoms with Crippen LogP contribution in [0.4, 0.5) is 0 Å². The van der Waals surface area contributed by atoms with Crippen LogP contribution in [-0.2, 0) is 4.74 Å². The molecule has 2 heterocycles. The highest BCUT2D eigenvalue weighted by Crippen LogP contribution is 2.19. The van der Waals surface area contributed by atoms with E-state index in [9.17, 15) is 0 Å². The third-order valence-corrected chi connectivity index (χ3v) is 4.22. The summed E-state index contributed by atoms with van der Waals surface area (Å²) in [7, 11) is 0. The van der Waals surface area contributed by atoms with Crippen LogP contribution in [0.15, 0.2) is 23.8 Å². The van der Waals surface area contributed by atoms with E-state index < -0.39 is 0 Å². The largest absolute Gasteiger partial charge is 0.378 e. The van der Waals surface area contributed by atoms with E-state index in [-0.39, 0.29) is 0 Å². The van der Waals surface area contributed by atoms with Gasteiger partial charge in [0.05, 0.1) is 19.3 Å². The van der Waals surface area contributed by atoms with E-state index in [0.717, 1.165) is 13.2 Å². The molecule has 0 radical (unpaired) electrons. The molecule has 0 aromatic heterocycles. The molecule has 3 aliphatic rings. The Hall–Kier alpha value is -0.640. The SMILES string of the molecule is CC1=CCC(N2CCN(C3COC3)CC2)C=C1. The minimum Gasteiger partial charge on any atom is -0.378 e. The second-order valence-corrected chi connectivity index (χ2v) is 5.37. The summed E-state index contributed by atoms with van der Waals surface area (Å²) in [6.45, 7) is 8.91. The van der Waals surface area contributed by atoms with Gasteiger partial charge in [-0.1, -0.05) is 23.8 Å². The number of piperazine rings is 1. The second kappa shape index (κ2) is 4.92. The van der Waals surface area contributed by atoms with Crippen molar-refractivity contribution in [1.82, 2.24) is 9.80 Å². The fourth-order valence-electron chi connectivity index (χ4n) is 2.86. The van der Waals surface area contributed by atoms with Crippen molar-refractivity contribution >= 4 is 0 Å². The molecule has 1 aliphatic carbocycles. The van der Waals surface area contributed by atoms with E-state index in [1.807, 2.05) is 0 Å². The van der Waals surface area contributed by atoms with Crippen molar-refractivity contribution in [2.75, 3.05) is 39.4 Å². The first kappa shape index (κ1) is 11.5. The Morgan fingerprint density at radius 1 is 1.12 bits per heavy atom. The lowest BCUT2D eigenvalue weighted by molar-refractivity contribution is -0.0784. The molecular formula is C14H22N2O. The van der Waals surface area contributed by atoms with Crippen LogP contribution in [0.3, 0.4) is 0 Å². The van der Waals surface area contributed by atoms with Crippen molar-refractivity contribution < 1.29 is 4.74 Å². The van der Waals surface area contributed by atoms with Gasteiger partial charge in [0.1, 0.15) is 0 Å². The van der Waals surface area contributed by atoms with Gasteiger partial charge in [-0.15, -0.1) is 0 Å². The highest BCUT2D eigenvalue weighted by molar-refractivity contribution is 5.23. The zero-order valence-corrected chi connectivity index (χ0v) is 10.6. The number of allylic oxidation sites excluding steroid dienone is 2. The quantitative estimate of drug-likeness (QED) is 0.716. The molecular weight excluding hydrogens is 212 g/mol. The molecule has 3 heteroatoms. The topological polar surface area (TPSA) is 15.7 Å². The van der Waals surface area contributed by atoms with Gasteiger partial charge in [0, 0.05) is 32.2 Å². The molecule has 2 aliphatic heterocycles. The molecule has 1 unspecified atom stereocenters. The van der Waals surface area contributed by atoms with E-state index in [4.69, 9.17) is 4.74 Å². The van der Waals surface area contributed by atoms with Crippen molar-refractivity contribution in [2.45, 2.75) is 25.4 Å². The van der Waals surface area contributed by atoms with E-state index in [1.54, 1.807) is 0 Å².